The second kappa shape index (κ2) is 7.68. The summed E-state index contributed by atoms with van der Waals surface area (Å²) in [5.41, 5.74) is 6.46. The monoisotopic (exact) mass is 236 g/mol. The first-order valence-electron chi connectivity index (χ1n) is 5.93. The van der Waals surface area contributed by atoms with Crippen LogP contribution in [-0.2, 0) is 11.3 Å². The van der Waals surface area contributed by atoms with E-state index < -0.39 is 0 Å². The normalized spacial score (nSPS) is 10.0. The molecule has 0 aliphatic carbocycles. The Kier molecular flexibility index (Phi) is 6.10. The average Bonchev–Trinajstić information content (AvgIpc) is 2.31. The molecule has 0 unspecified atom stereocenters. The zero-order chi connectivity index (χ0) is 12.5. The van der Waals surface area contributed by atoms with E-state index in [4.69, 9.17) is 4.74 Å². The fourth-order valence-corrected chi connectivity index (χ4v) is 1.31. The second-order valence-electron chi connectivity index (χ2n) is 3.88. The van der Waals surface area contributed by atoms with E-state index in [0.29, 0.717) is 6.54 Å². The van der Waals surface area contributed by atoms with E-state index in [0.717, 1.165) is 30.8 Å². The van der Waals surface area contributed by atoms with Crippen molar-refractivity contribution in [1.29, 1.82) is 0 Å². The zero-order valence-electron chi connectivity index (χ0n) is 10.5. The number of ether oxygens (including phenoxy) is 1. The van der Waals surface area contributed by atoms with Gasteiger partial charge in [0, 0.05) is 13.5 Å². The maximum Gasteiger partial charge on any atom is 0.230 e. The van der Waals surface area contributed by atoms with Gasteiger partial charge in [0.15, 0.2) is 0 Å². The van der Waals surface area contributed by atoms with Gasteiger partial charge in [-0.3, -0.25) is 10.2 Å². The highest BCUT2D eigenvalue weighted by Gasteiger charge is 1.96. The molecule has 0 spiro atoms. The summed E-state index contributed by atoms with van der Waals surface area (Å²) >= 11 is 0. The number of carbonyl (C=O) groups excluding carboxylic acids is 1. The zero-order valence-corrected chi connectivity index (χ0v) is 10.5. The van der Waals surface area contributed by atoms with Crippen molar-refractivity contribution in [2.45, 2.75) is 33.2 Å². The molecule has 0 aromatic heterocycles. The second-order valence-corrected chi connectivity index (χ2v) is 3.88. The molecule has 4 heteroatoms. The largest absolute Gasteiger partial charge is 0.494 e. The van der Waals surface area contributed by atoms with Crippen molar-refractivity contribution < 1.29 is 9.53 Å². The summed E-state index contributed by atoms with van der Waals surface area (Å²) in [5, 5.41) is 0. The number of benzene rings is 1. The highest BCUT2D eigenvalue weighted by atomic mass is 16.5. The van der Waals surface area contributed by atoms with Crippen LogP contribution in [0.25, 0.3) is 0 Å². The fourth-order valence-electron chi connectivity index (χ4n) is 1.31. The van der Waals surface area contributed by atoms with E-state index in [9.17, 15) is 4.79 Å². The van der Waals surface area contributed by atoms with Gasteiger partial charge in [-0.2, -0.15) is 0 Å². The van der Waals surface area contributed by atoms with Gasteiger partial charge in [-0.15, -0.1) is 0 Å². The van der Waals surface area contributed by atoms with Crippen LogP contribution in [0.4, 0.5) is 0 Å². The lowest BCUT2D eigenvalue weighted by Gasteiger charge is -2.07. The Morgan fingerprint density at radius 3 is 2.59 bits per heavy atom. The van der Waals surface area contributed by atoms with Crippen molar-refractivity contribution >= 4 is 5.91 Å². The Balaban J connectivity index is 2.31. The van der Waals surface area contributed by atoms with Crippen molar-refractivity contribution in [3.8, 4) is 5.75 Å². The molecule has 0 fully saturated rings. The number of nitrogens with one attached hydrogen (secondary N) is 2. The van der Waals surface area contributed by atoms with Crippen LogP contribution >= 0.6 is 0 Å². The average molecular weight is 236 g/mol. The van der Waals surface area contributed by atoms with Crippen LogP contribution in [0.5, 0.6) is 5.75 Å². The van der Waals surface area contributed by atoms with Gasteiger partial charge in [0.25, 0.3) is 0 Å². The summed E-state index contributed by atoms with van der Waals surface area (Å²) in [6.45, 7) is 4.98. The van der Waals surface area contributed by atoms with Crippen molar-refractivity contribution in [3.63, 3.8) is 0 Å². The topological polar surface area (TPSA) is 50.4 Å². The minimum atomic E-state index is -0.0930. The molecule has 1 aromatic rings. The molecule has 0 aliphatic rings. The number of amides is 1. The van der Waals surface area contributed by atoms with Crippen LogP contribution in [-0.4, -0.2) is 12.5 Å². The minimum Gasteiger partial charge on any atom is -0.494 e. The van der Waals surface area contributed by atoms with Gasteiger partial charge in [0.05, 0.1) is 6.61 Å². The van der Waals surface area contributed by atoms with E-state index in [1.54, 1.807) is 0 Å². The lowest BCUT2D eigenvalue weighted by atomic mass is 10.2. The van der Waals surface area contributed by atoms with Crippen molar-refractivity contribution in [1.82, 2.24) is 10.9 Å². The van der Waals surface area contributed by atoms with Crippen molar-refractivity contribution in [3.05, 3.63) is 29.8 Å². The summed E-state index contributed by atoms with van der Waals surface area (Å²) in [4.78, 5) is 10.6. The third-order valence-electron chi connectivity index (χ3n) is 2.25. The molecule has 0 saturated carbocycles. The molecule has 1 amide bonds. The molecule has 0 radical (unpaired) electrons. The molecule has 1 aromatic carbocycles. The Morgan fingerprint density at radius 2 is 2.00 bits per heavy atom. The molecule has 4 nitrogen and oxygen atoms in total. The highest BCUT2D eigenvalue weighted by molar-refractivity contribution is 5.72. The Morgan fingerprint density at radius 1 is 1.29 bits per heavy atom. The van der Waals surface area contributed by atoms with Crippen LogP contribution in [0.15, 0.2) is 24.3 Å². The molecule has 1 rings (SSSR count). The lowest BCUT2D eigenvalue weighted by Crippen LogP contribution is -2.34. The molecule has 17 heavy (non-hydrogen) atoms. The summed E-state index contributed by atoms with van der Waals surface area (Å²) < 4.78 is 5.55. The van der Waals surface area contributed by atoms with Crippen LogP contribution in [0, 0.1) is 0 Å². The SMILES string of the molecule is CCCCOc1ccc(CNNC(C)=O)cc1. The number of hydrogen-bond donors (Lipinski definition) is 2. The molecule has 94 valence electrons. The quantitative estimate of drug-likeness (QED) is 0.562. The molecular weight excluding hydrogens is 216 g/mol. The maximum atomic E-state index is 10.6. The van der Waals surface area contributed by atoms with Gasteiger partial charge in [0.1, 0.15) is 5.75 Å². The fraction of sp³-hybridized carbons (Fsp3) is 0.462. The summed E-state index contributed by atoms with van der Waals surface area (Å²) in [6.07, 6.45) is 2.21. The number of hydrazine groups is 1. The molecule has 0 heterocycles. The van der Waals surface area contributed by atoms with Crippen LogP contribution < -0.4 is 15.6 Å². The number of rotatable bonds is 7. The minimum absolute atomic E-state index is 0.0930. The standard InChI is InChI=1S/C13H20N2O2/c1-3-4-9-17-13-7-5-12(6-8-13)10-14-15-11(2)16/h5-8,14H,3-4,9-10H2,1-2H3,(H,15,16). The van der Waals surface area contributed by atoms with Gasteiger partial charge in [0.2, 0.25) is 5.91 Å². The lowest BCUT2D eigenvalue weighted by molar-refractivity contribution is -0.119. The molecule has 2 N–H and O–H groups in total. The van der Waals surface area contributed by atoms with Crippen molar-refractivity contribution in [2.75, 3.05) is 6.61 Å². The first kappa shape index (κ1) is 13.5. The van der Waals surface area contributed by atoms with Gasteiger partial charge in [-0.05, 0) is 24.1 Å². The summed E-state index contributed by atoms with van der Waals surface area (Å²) in [7, 11) is 0. The third kappa shape index (κ3) is 5.92. The number of hydrogen-bond acceptors (Lipinski definition) is 3. The Bertz CT molecular complexity index is 336. The van der Waals surface area contributed by atoms with Crippen molar-refractivity contribution in [2.24, 2.45) is 0 Å². The first-order valence-corrected chi connectivity index (χ1v) is 5.93. The van der Waals surface area contributed by atoms with E-state index in [-0.39, 0.29) is 5.91 Å². The summed E-state index contributed by atoms with van der Waals surface area (Å²) in [6, 6.07) is 7.85. The van der Waals surface area contributed by atoms with E-state index in [1.165, 1.54) is 6.92 Å². The first-order chi connectivity index (χ1) is 8.22. The van der Waals surface area contributed by atoms with E-state index in [1.807, 2.05) is 24.3 Å². The van der Waals surface area contributed by atoms with Crippen LogP contribution in [0.3, 0.4) is 0 Å². The van der Waals surface area contributed by atoms with Gasteiger partial charge in [-0.1, -0.05) is 25.5 Å². The van der Waals surface area contributed by atoms with E-state index in [2.05, 4.69) is 17.8 Å². The van der Waals surface area contributed by atoms with Crippen LogP contribution in [0.2, 0.25) is 0 Å². The third-order valence-corrected chi connectivity index (χ3v) is 2.25. The molecule has 0 atom stereocenters. The Labute approximate surface area is 102 Å². The molecule has 0 saturated heterocycles. The predicted molar refractivity (Wildman–Crippen MR) is 67.5 cm³/mol. The summed E-state index contributed by atoms with van der Waals surface area (Å²) in [5.74, 6) is 0.797. The van der Waals surface area contributed by atoms with Crippen LogP contribution in [0.1, 0.15) is 32.3 Å². The molecule has 0 bridgehead atoms. The smallest absolute Gasteiger partial charge is 0.230 e. The highest BCUT2D eigenvalue weighted by Crippen LogP contribution is 2.12. The number of unbranched alkanes of at least 4 members (excludes halogenated alkanes) is 1. The predicted octanol–water partition coefficient (Wildman–Crippen LogP) is 2.01. The molecular formula is C13H20N2O2. The molecule has 0 aliphatic heterocycles. The maximum absolute atomic E-state index is 10.6. The number of carbonyl (C=O) groups is 1. The Hall–Kier alpha value is -1.55. The van der Waals surface area contributed by atoms with Gasteiger partial charge in [-0.25, -0.2) is 5.43 Å². The van der Waals surface area contributed by atoms with Gasteiger partial charge < -0.3 is 4.74 Å². The van der Waals surface area contributed by atoms with Gasteiger partial charge >= 0.3 is 0 Å². The van der Waals surface area contributed by atoms with E-state index >= 15 is 0 Å².